The Morgan fingerprint density at radius 2 is 2.33 bits per heavy atom. The lowest BCUT2D eigenvalue weighted by molar-refractivity contribution is -0.122. The van der Waals surface area contributed by atoms with Crippen molar-refractivity contribution in [1.29, 1.82) is 0 Å². The van der Waals surface area contributed by atoms with E-state index in [1.165, 1.54) is 12.1 Å². The molecule has 0 radical (unpaired) electrons. The van der Waals surface area contributed by atoms with E-state index < -0.39 is 6.04 Å². The van der Waals surface area contributed by atoms with E-state index in [4.69, 9.17) is 5.73 Å². The molecule has 1 aromatic rings. The summed E-state index contributed by atoms with van der Waals surface area (Å²) in [6, 6.07) is 3.77. The molecular weight excluding hydrogens is 263 g/mol. The Kier molecular flexibility index (Phi) is 4.23. The van der Waals surface area contributed by atoms with Crippen LogP contribution in [0.1, 0.15) is 12.5 Å². The zero-order valence-electron chi connectivity index (χ0n) is 8.26. The quantitative estimate of drug-likeness (QED) is 0.879. The van der Waals surface area contributed by atoms with Gasteiger partial charge in [0.15, 0.2) is 0 Å². The lowest BCUT2D eigenvalue weighted by atomic mass is 10.2. The molecule has 0 saturated carbocycles. The van der Waals surface area contributed by atoms with Crippen LogP contribution >= 0.6 is 15.9 Å². The Bertz CT molecular complexity index is 368. The average Bonchev–Trinajstić information content (AvgIpc) is 2.15. The number of amides is 1. The fourth-order valence-corrected chi connectivity index (χ4v) is 1.50. The SMILES string of the molecule is C[C@@H](N)C(=O)NCc1ccc(F)cc1Br. The summed E-state index contributed by atoms with van der Waals surface area (Å²) >= 11 is 3.21. The molecule has 1 atom stereocenters. The molecule has 0 unspecified atom stereocenters. The van der Waals surface area contributed by atoms with E-state index in [2.05, 4.69) is 21.2 Å². The Balaban J connectivity index is 2.62. The minimum atomic E-state index is -0.538. The van der Waals surface area contributed by atoms with Crippen molar-refractivity contribution in [3.8, 4) is 0 Å². The molecule has 82 valence electrons. The lowest BCUT2D eigenvalue weighted by Gasteiger charge is -2.09. The van der Waals surface area contributed by atoms with Crippen LogP contribution < -0.4 is 11.1 Å². The van der Waals surface area contributed by atoms with E-state index in [0.29, 0.717) is 11.0 Å². The first kappa shape index (κ1) is 12.1. The molecule has 1 rings (SSSR count). The van der Waals surface area contributed by atoms with Crippen LogP contribution in [0.15, 0.2) is 22.7 Å². The Morgan fingerprint density at radius 3 is 2.87 bits per heavy atom. The van der Waals surface area contributed by atoms with Crippen molar-refractivity contribution in [1.82, 2.24) is 5.32 Å². The van der Waals surface area contributed by atoms with Crippen molar-refractivity contribution < 1.29 is 9.18 Å². The van der Waals surface area contributed by atoms with Crippen LogP contribution in [0.5, 0.6) is 0 Å². The molecule has 0 heterocycles. The minimum Gasteiger partial charge on any atom is -0.351 e. The molecule has 0 aliphatic rings. The first-order valence-electron chi connectivity index (χ1n) is 4.48. The van der Waals surface area contributed by atoms with Crippen LogP contribution in [-0.2, 0) is 11.3 Å². The molecule has 0 aliphatic carbocycles. The number of carbonyl (C=O) groups is 1. The number of carbonyl (C=O) groups excluding carboxylic acids is 1. The molecule has 0 saturated heterocycles. The van der Waals surface area contributed by atoms with Crippen molar-refractivity contribution in [3.63, 3.8) is 0 Å². The molecule has 1 amide bonds. The highest BCUT2D eigenvalue weighted by molar-refractivity contribution is 9.10. The highest BCUT2D eigenvalue weighted by Crippen LogP contribution is 2.17. The molecule has 0 spiro atoms. The molecular formula is C10H12BrFN2O. The second kappa shape index (κ2) is 5.23. The third-order valence-corrected chi connectivity index (χ3v) is 2.62. The van der Waals surface area contributed by atoms with Gasteiger partial charge < -0.3 is 11.1 Å². The first-order valence-corrected chi connectivity index (χ1v) is 5.27. The zero-order chi connectivity index (χ0) is 11.4. The van der Waals surface area contributed by atoms with Gasteiger partial charge in [-0.25, -0.2) is 4.39 Å². The van der Waals surface area contributed by atoms with E-state index in [9.17, 15) is 9.18 Å². The van der Waals surface area contributed by atoms with E-state index in [1.54, 1.807) is 13.0 Å². The van der Waals surface area contributed by atoms with Gasteiger partial charge in [0.25, 0.3) is 0 Å². The smallest absolute Gasteiger partial charge is 0.236 e. The fourth-order valence-electron chi connectivity index (χ4n) is 1.01. The van der Waals surface area contributed by atoms with E-state index in [0.717, 1.165) is 5.56 Å². The Labute approximate surface area is 96.0 Å². The van der Waals surface area contributed by atoms with Gasteiger partial charge in [0.05, 0.1) is 6.04 Å². The van der Waals surface area contributed by atoms with Crippen molar-refractivity contribution in [2.24, 2.45) is 5.73 Å². The molecule has 15 heavy (non-hydrogen) atoms. The normalized spacial score (nSPS) is 12.3. The molecule has 5 heteroatoms. The number of nitrogens with one attached hydrogen (secondary N) is 1. The fraction of sp³-hybridized carbons (Fsp3) is 0.300. The van der Waals surface area contributed by atoms with E-state index >= 15 is 0 Å². The highest BCUT2D eigenvalue weighted by Gasteiger charge is 2.07. The maximum absolute atomic E-state index is 12.7. The number of rotatable bonds is 3. The molecule has 0 fully saturated rings. The highest BCUT2D eigenvalue weighted by atomic mass is 79.9. The number of benzene rings is 1. The minimum absolute atomic E-state index is 0.230. The van der Waals surface area contributed by atoms with Crippen LogP contribution in [0, 0.1) is 5.82 Å². The maximum atomic E-state index is 12.7. The van der Waals surface area contributed by atoms with Crippen molar-refractivity contribution >= 4 is 21.8 Å². The number of hydrogen-bond donors (Lipinski definition) is 2. The van der Waals surface area contributed by atoms with Crippen LogP contribution in [-0.4, -0.2) is 11.9 Å². The van der Waals surface area contributed by atoms with E-state index in [-0.39, 0.29) is 11.7 Å². The monoisotopic (exact) mass is 274 g/mol. The second-order valence-corrected chi connectivity index (χ2v) is 4.10. The Morgan fingerprint density at radius 1 is 1.67 bits per heavy atom. The van der Waals surface area contributed by atoms with E-state index in [1.807, 2.05) is 0 Å². The summed E-state index contributed by atoms with van der Waals surface area (Å²) in [4.78, 5) is 11.2. The van der Waals surface area contributed by atoms with Gasteiger partial charge in [-0.15, -0.1) is 0 Å². The topological polar surface area (TPSA) is 55.1 Å². The summed E-state index contributed by atoms with van der Waals surface area (Å²) in [5, 5.41) is 2.64. The Hall–Kier alpha value is -0.940. The molecule has 1 aromatic carbocycles. The van der Waals surface area contributed by atoms with Crippen LogP contribution in [0.2, 0.25) is 0 Å². The summed E-state index contributed by atoms with van der Waals surface area (Å²) in [6.07, 6.45) is 0. The average molecular weight is 275 g/mol. The number of nitrogens with two attached hydrogens (primary N) is 1. The second-order valence-electron chi connectivity index (χ2n) is 3.24. The van der Waals surface area contributed by atoms with Crippen molar-refractivity contribution in [2.45, 2.75) is 19.5 Å². The van der Waals surface area contributed by atoms with Gasteiger partial charge in [0.2, 0.25) is 5.91 Å². The molecule has 0 aliphatic heterocycles. The molecule has 0 bridgehead atoms. The summed E-state index contributed by atoms with van der Waals surface area (Å²) in [5.74, 6) is -0.546. The van der Waals surface area contributed by atoms with Crippen LogP contribution in [0.25, 0.3) is 0 Å². The largest absolute Gasteiger partial charge is 0.351 e. The summed E-state index contributed by atoms with van der Waals surface area (Å²) in [7, 11) is 0. The van der Waals surface area contributed by atoms with Crippen molar-refractivity contribution in [3.05, 3.63) is 34.1 Å². The molecule has 3 nitrogen and oxygen atoms in total. The predicted octanol–water partition coefficient (Wildman–Crippen LogP) is 1.55. The van der Waals surface area contributed by atoms with Gasteiger partial charge in [0, 0.05) is 11.0 Å². The maximum Gasteiger partial charge on any atom is 0.236 e. The predicted molar refractivity (Wildman–Crippen MR) is 59.6 cm³/mol. The molecule has 3 N–H and O–H groups in total. The van der Waals surface area contributed by atoms with Gasteiger partial charge >= 0.3 is 0 Å². The van der Waals surface area contributed by atoms with Gasteiger partial charge in [-0.05, 0) is 24.6 Å². The zero-order valence-corrected chi connectivity index (χ0v) is 9.84. The third kappa shape index (κ3) is 3.60. The lowest BCUT2D eigenvalue weighted by Crippen LogP contribution is -2.37. The van der Waals surface area contributed by atoms with Gasteiger partial charge in [0.1, 0.15) is 5.82 Å². The van der Waals surface area contributed by atoms with Gasteiger partial charge in [-0.1, -0.05) is 22.0 Å². The third-order valence-electron chi connectivity index (χ3n) is 1.88. The summed E-state index contributed by atoms with van der Waals surface area (Å²) in [6.45, 7) is 1.94. The summed E-state index contributed by atoms with van der Waals surface area (Å²) in [5.41, 5.74) is 6.19. The number of halogens is 2. The van der Waals surface area contributed by atoms with Crippen LogP contribution in [0.4, 0.5) is 4.39 Å². The standard InChI is InChI=1S/C10H12BrFN2O/c1-6(13)10(15)14-5-7-2-3-8(12)4-9(7)11/h2-4,6H,5,13H2,1H3,(H,14,15)/t6-/m1/s1. The van der Waals surface area contributed by atoms with Crippen molar-refractivity contribution in [2.75, 3.05) is 0 Å². The van der Waals surface area contributed by atoms with Crippen LogP contribution in [0.3, 0.4) is 0 Å². The van der Waals surface area contributed by atoms with Gasteiger partial charge in [-0.2, -0.15) is 0 Å². The van der Waals surface area contributed by atoms with Gasteiger partial charge in [-0.3, -0.25) is 4.79 Å². The first-order chi connectivity index (χ1) is 7.00. The summed E-state index contributed by atoms with van der Waals surface area (Å²) < 4.78 is 13.4. The number of hydrogen-bond acceptors (Lipinski definition) is 2. The molecule has 0 aromatic heterocycles.